The zero-order chi connectivity index (χ0) is 13.1. The highest BCUT2D eigenvalue weighted by Gasteiger charge is 2.26. The van der Waals surface area contributed by atoms with Crippen LogP contribution >= 0.6 is 15.9 Å². The number of hydrogen-bond donors (Lipinski definition) is 1. The second kappa shape index (κ2) is 6.04. The summed E-state index contributed by atoms with van der Waals surface area (Å²) in [6.07, 6.45) is 1.13. The summed E-state index contributed by atoms with van der Waals surface area (Å²) < 4.78 is 1.09. The molecule has 1 fully saturated rings. The largest absolute Gasteiger partial charge is 0.394 e. The van der Waals surface area contributed by atoms with Gasteiger partial charge in [-0.05, 0) is 44.7 Å². The molecule has 1 heterocycles. The monoisotopic (exact) mass is 312 g/mol. The van der Waals surface area contributed by atoms with Crippen LogP contribution in [0.15, 0.2) is 28.7 Å². The standard InChI is InChI=1S/C14H21BrN2O/c1-11-7-8-17(14(10-18)9-16(11)2)13-5-3-12(15)4-6-13/h3-6,11,14,18H,7-10H2,1-2H3. The minimum absolute atomic E-state index is 0.182. The van der Waals surface area contributed by atoms with Crippen LogP contribution in [0.1, 0.15) is 13.3 Å². The van der Waals surface area contributed by atoms with E-state index in [9.17, 15) is 5.11 Å². The molecule has 2 rings (SSSR count). The molecule has 0 amide bonds. The Labute approximate surface area is 118 Å². The molecule has 2 unspecified atom stereocenters. The first-order chi connectivity index (χ1) is 8.61. The molecule has 4 heteroatoms. The molecule has 18 heavy (non-hydrogen) atoms. The van der Waals surface area contributed by atoms with Crippen LogP contribution < -0.4 is 4.90 Å². The summed E-state index contributed by atoms with van der Waals surface area (Å²) in [5.41, 5.74) is 1.19. The molecule has 0 spiro atoms. The number of rotatable bonds is 2. The number of anilines is 1. The third kappa shape index (κ3) is 3.05. The van der Waals surface area contributed by atoms with Crippen molar-refractivity contribution in [1.29, 1.82) is 0 Å². The fourth-order valence-electron chi connectivity index (χ4n) is 2.47. The maximum atomic E-state index is 9.63. The molecule has 100 valence electrons. The minimum atomic E-state index is 0.182. The van der Waals surface area contributed by atoms with Crippen LogP contribution in [0.5, 0.6) is 0 Å². The Kier molecular flexibility index (Phi) is 4.65. The first-order valence-corrected chi connectivity index (χ1v) is 7.24. The molecule has 0 bridgehead atoms. The molecule has 2 atom stereocenters. The Morgan fingerprint density at radius 1 is 1.33 bits per heavy atom. The van der Waals surface area contributed by atoms with E-state index in [1.54, 1.807) is 0 Å². The fourth-order valence-corrected chi connectivity index (χ4v) is 2.73. The van der Waals surface area contributed by atoms with Crippen molar-refractivity contribution in [3.63, 3.8) is 0 Å². The van der Waals surface area contributed by atoms with Gasteiger partial charge in [0.15, 0.2) is 0 Å². The molecular formula is C14H21BrN2O. The first kappa shape index (κ1) is 13.8. The number of aliphatic hydroxyl groups is 1. The van der Waals surface area contributed by atoms with Crippen molar-refractivity contribution >= 4 is 21.6 Å². The zero-order valence-electron chi connectivity index (χ0n) is 11.0. The van der Waals surface area contributed by atoms with E-state index in [0.717, 1.165) is 24.0 Å². The van der Waals surface area contributed by atoms with Gasteiger partial charge in [0.25, 0.3) is 0 Å². The van der Waals surface area contributed by atoms with E-state index in [4.69, 9.17) is 0 Å². The second-order valence-electron chi connectivity index (χ2n) is 5.08. The lowest BCUT2D eigenvalue weighted by atomic mass is 10.2. The Balaban J connectivity index is 2.21. The summed E-state index contributed by atoms with van der Waals surface area (Å²) in [6.45, 7) is 4.36. The van der Waals surface area contributed by atoms with Crippen molar-refractivity contribution in [2.45, 2.75) is 25.4 Å². The van der Waals surface area contributed by atoms with E-state index in [2.05, 4.69) is 64.0 Å². The quantitative estimate of drug-likeness (QED) is 0.908. The SMILES string of the molecule is CC1CCN(c2ccc(Br)cc2)C(CO)CN1C. The van der Waals surface area contributed by atoms with Crippen LogP contribution in [0.3, 0.4) is 0 Å². The summed E-state index contributed by atoms with van der Waals surface area (Å²) in [6, 6.07) is 9.09. The van der Waals surface area contributed by atoms with E-state index in [-0.39, 0.29) is 12.6 Å². The van der Waals surface area contributed by atoms with Crippen LogP contribution in [0.4, 0.5) is 5.69 Å². The fraction of sp³-hybridized carbons (Fsp3) is 0.571. The number of halogens is 1. The third-order valence-corrected chi connectivity index (χ3v) is 4.38. The van der Waals surface area contributed by atoms with Gasteiger partial charge in [0.1, 0.15) is 0 Å². The van der Waals surface area contributed by atoms with Gasteiger partial charge in [-0.2, -0.15) is 0 Å². The van der Waals surface area contributed by atoms with E-state index in [1.807, 2.05) is 0 Å². The zero-order valence-corrected chi connectivity index (χ0v) is 12.6. The molecular weight excluding hydrogens is 292 g/mol. The van der Waals surface area contributed by atoms with Gasteiger partial charge in [-0.3, -0.25) is 0 Å². The van der Waals surface area contributed by atoms with Gasteiger partial charge >= 0.3 is 0 Å². The second-order valence-corrected chi connectivity index (χ2v) is 6.00. The first-order valence-electron chi connectivity index (χ1n) is 6.45. The molecule has 1 N–H and O–H groups in total. The summed E-state index contributed by atoms with van der Waals surface area (Å²) in [4.78, 5) is 4.66. The van der Waals surface area contributed by atoms with E-state index in [1.165, 1.54) is 5.69 Å². The molecule has 0 aliphatic carbocycles. The van der Waals surface area contributed by atoms with Crippen LogP contribution in [0, 0.1) is 0 Å². The predicted octanol–water partition coefficient (Wildman–Crippen LogP) is 2.34. The molecule has 0 radical (unpaired) electrons. The Bertz CT molecular complexity index is 382. The van der Waals surface area contributed by atoms with E-state index < -0.39 is 0 Å². The van der Waals surface area contributed by atoms with E-state index >= 15 is 0 Å². The van der Waals surface area contributed by atoms with Crippen molar-refractivity contribution < 1.29 is 5.11 Å². The van der Waals surface area contributed by atoms with Gasteiger partial charge in [-0.15, -0.1) is 0 Å². The third-order valence-electron chi connectivity index (χ3n) is 3.85. The van der Waals surface area contributed by atoms with Crippen LogP contribution in [0.25, 0.3) is 0 Å². The Morgan fingerprint density at radius 2 is 2.00 bits per heavy atom. The van der Waals surface area contributed by atoms with Crippen molar-refractivity contribution in [1.82, 2.24) is 4.90 Å². The smallest absolute Gasteiger partial charge is 0.0647 e. The molecule has 0 saturated carbocycles. The molecule has 0 aromatic heterocycles. The number of aliphatic hydroxyl groups excluding tert-OH is 1. The highest BCUT2D eigenvalue weighted by atomic mass is 79.9. The number of likely N-dealkylation sites (N-methyl/N-ethyl adjacent to an activating group) is 1. The summed E-state index contributed by atoms with van der Waals surface area (Å²) in [5, 5.41) is 9.63. The number of hydrogen-bond acceptors (Lipinski definition) is 3. The number of benzene rings is 1. The topological polar surface area (TPSA) is 26.7 Å². The van der Waals surface area contributed by atoms with Crippen molar-refractivity contribution in [3.8, 4) is 0 Å². The summed E-state index contributed by atoms with van der Waals surface area (Å²) in [5.74, 6) is 0. The van der Waals surface area contributed by atoms with Gasteiger partial charge < -0.3 is 14.9 Å². The highest BCUT2D eigenvalue weighted by Crippen LogP contribution is 2.23. The van der Waals surface area contributed by atoms with Crippen molar-refractivity contribution in [2.24, 2.45) is 0 Å². The number of nitrogens with zero attached hydrogens (tertiary/aromatic N) is 2. The van der Waals surface area contributed by atoms with Crippen LogP contribution in [-0.4, -0.2) is 48.8 Å². The van der Waals surface area contributed by atoms with Gasteiger partial charge in [-0.25, -0.2) is 0 Å². The van der Waals surface area contributed by atoms with Crippen LogP contribution in [-0.2, 0) is 0 Å². The Hall–Kier alpha value is -0.580. The highest BCUT2D eigenvalue weighted by molar-refractivity contribution is 9.10. The van der Waals surface area contributed by atoms with Crippen LogP contribution in [0.2, 0.25) is 0 Å². The molecule has 1 saturated heterocycles. The van der Waals surface area contributed by atoms with Crippen molar-refractivity contribution in [2.75, 3.05) is 31.6 Å². The van der Waals surface area contributed by atoms with Gasteiger partial charge in [0, 0.05) is 29.3 Å². The minimum Gasteiger partial charge on any atom is -0.394 e. The predicted molar refractivity (Wildman–Crippen MR) is 79.1 cm³/mol. The normalized spacial score (nSPS) is 26.1. The average molecular weight is 313 g/mol. The van der Waals surface area contributed by atoms with Crippen molar-refractivity contribution in [3.05, 3.63) is 28.7 Å². The van der Waals surface area contributed by atoms with E-state index in [0.29, 0.717) is 6.04 Å². The molecule has 1 aliphatic heterocycles. The molecule has 1 aromatic carbocycles. The van der Waals surface area contributed by atoms with Gasteiger partial charge in [-0.1, -0.05) is 15.9 Å². The summed E-state index contributed by atoms with van der Waals surface area (Å²) >= 11 is 3.46. The lowest BCUT2D eigenvalue weighted by Crippen LogP contribution is -2.43. The maximum absolute atomic E-state index is 9.63. The lowest BCUT2D eigenvalue weighted by molar-refractivity contribution is 0.206. The maximum Gasteiger partial charge on any atom is 0.0647 e. The van der Waals surface area contributed by atoms with Gasteiger partial charge in [0.05, 0.1) is 12.6 Å². The van der Waals surface area contributed by atoms with Gasteiger partial charge in [0.2, 0.25) is 0 Å². The molecule has 1 aliphatic rings. The Morgan fingerprint density at radius 3 is 2.61 bits per heavy atom. The summed E-state index contributed by atoms with van der Waals surface area (Å²) in [7, 11) is 2.14. The molecule has 3 nitrogen and oxygen atoms in total. The average Bonchev–Trinajstić information content (AvgIpc) is 2.51. The molecule has 1 aromatic rings. The lowest BCUT2D eigenvalue weighted by Gasteiger charge is -2.31.